The Hall–Kier alpha value is -0.800. The fourth-order valence-electron chi connectivity index (χ4n) is 1.76. The quantitative estimate of drug-likeness (QED) is 0.729. The SMILES string of the molecule is c1cc(CNCCC2CCCO2)co1. The molecule has 1 aromatic heterocycles. The van der Waals surface area contributed by atoms with Crippen LogP contribution in [-0.4, -0.2) is 19.3 Å². The average molecular weight is 195 g/mol. The molecular weight excluding hydrogens is 178 g/mol. The minimum Gasteiger partial charge on any atom is -0.472 e. The molecule has 0 spiro atoms. The molecule has 0 saturated carbocycles. The van der Waals surface area contributed by atoms with Gasteiger partial charge in [0, 0.05) is 18.7 Å². The fraction of sp³-hybridized carbons (Fsp3) is 0.636. The first kappa shape index (κ1) is 9.74. The van der Waals surface area contributed by atoms with Crippen LogP contribution in [0.15, 0.2) is 23.0 Å². The third kappa shape index (κ3) is 2.86. The predicted molar refractivity (Wildman–Crippen MR) is 54.0 cm³/mol. The maximum absolute atomic E-state index is 5.53. The van der Waals surface area contributed by atoms with Crippen molar-refractivity contribution in [2.24, 2.45) is 0 Å². The molecule has 1 unspecified atom stereocenters. The molecule has 1 N–H and O–H groups in total. The minimum absolute atomic E-state index is 0.492. The van der Waals surface area contributed by atoms with Gasteiger partial charge in [0.15, 0.2) is 0 Å². The molecular formula is C11H17NO2. The van der Waals surface area contributed by atoms with E-state index in [1.807, 2.05) is 6.07 Å². The molecule has 0 amide bonds. The van der Waals surface area contributed by atoms with Gasteiger partial charge < -0.3 is 14.5 Å². The molecule has 3 nitrogen and oxygen atoms in total. The van der Waals surface area contributed by atoms with Gasteiger partial charge in [0.25, 0.3) is 0 Å². The Labute approximate surface area is 84.4 Å². The lowest BCUT2D eigenvalue weighted by molar-refractivity contribution is 0.104. The van der Waals surface area contributed by atoms with Gasteiger partial charge in [-0.05, 0) is 31.9 Å². The summed E-state index contributed by atoms with van der Waals surface area (Å²) in [7, 11) is 0. The Morgan fingerprint density at radius 2 is 2.50 bits per heavy atom. The molecule has 0 aliphatic carbocycles. The van der Waals surface area contributed by atoms with Gasteiger partial charge in [-0.2, -0.15) is 0 Å². The molecule has 0 radical (unpaired) electrons. The van der Waals surface area contributed by atoms with Crippen LogP contribution in [0.5, 0.6) is 0 Å². The van der Waals surface area contributed by atoms with Gasteiger partial charge in [-0.15, -0.1) is 0 Å². The van der Waals surface area contributed by atoms with Crippen molar-refractivity contribution in [1.29, 1.82) is 0 Å². The fourth-order valence-corrected chi connectivity index (χ4v) is 1.76. The smallest absolute Gasteiger partial charge is 0.0947 e. The lowest BCUT2D eigenvalue weighted by Crippen LogP contribution is -2.19. The van der Waals surface area contributed by atoms with Crippen LogP contribution in [0.25, 0.3) is 0 Å². The number of rotatable bonds is 5. The van der Waals surface area contributed by atoms with Crippen molar-refractivity contribution in [3.63, 3.8) is 0 Å². The topological polar surface area (TPSA) is 34.4 Å². The summed E-state index contributed by atoms with van der Waals surface area (Å²) in [5, 5.41) is 3.37. The molecule has 78 valence electrons. The van der Waals surface area contributed by atoms with E-state index in [9.17, 15) is 0 Å². The van der Waals surface area contributed by atoms with Crippen molar-refractivity contribution in [2.75, 3.05) is 13.2 Å². The monoisotopic (exact) mass is 195 g/mol. The van der Waals surface area contributed by atoms with Crippen molar-refractivity contribution in [3.05, 3.63) is 24.2 Å². The van der Waals surface area contributed by atoms with E-state index in [0.29, 0.717) is 6.10 Å². The third-order valence-corrected chi connectivity index (χ3v) is 2.58. The normalized spacial score (nSPS) is 21.6. The highest BCUT2D eigenvalue weighted by atomic mass is 16.5. The Morgan fingerprint density at radius 3 is 3.21 bits per heavy atom. The van der Waals surface area contributed by atoms with Gasteiger partial charge in [0.05, 0.1) is 18.6 Å². The summed E-state index contributed by atoms with van der Waals surface area (Å²) in [4.78, 5) is 0. The van der Waals surface area contributed by atoms with Crippen molar-refractivity contribution < 1.29 is 9.15 Å². The molecule has 2 heterocycles. The maximum Gasteiger partial charge on any atom is 0.0947 e. The highest BCUT2D eigenvalue weighted by Gasteiger charge is 2.14. The predicted octanol–water partition coefficient (Wildman–Crippen LogP) is 1.94. The minimum atomic E-state index is 0.492. The van der Waals surface area contributed by atoms with Gasteiger partial charge in [-0.25, -0.2) is 0 Å². The molecule has 1 aromatic rings. The largest absolute Gasteiger partial charge is 0.472 e. The van der Waals surface area contributed by atoms with Crippen LogP contribution in [0.3, 0.4) is 0 Å². The number of nitrogens with one attached hydrogen (secondary N) is 1. The van der Waals surface area contributed by atoms with Gasteiger partial charge in [-0.3, -0.25) is 0 Å². The van der Waals surface area contributed by atoms with Crippen LogP contribution >= 0.6 is 0 Å². The Morgan fingerprint density at radius 1 is 1.50 bits per heavy atom. The van der Waals surface area contributed by atoms with E-state index in [4.69, 9.17) is 9.15 Å². The van der Waals surface area contributed by atoms with Gasteiger partial charge in [-0.1, -0.05) is 0 Å². The maximum atomic E-state index is 5.53. The standard InChI is InChI=1S/C11H17NO2/c1-2-11(14-6-1)3-5-12-8-10-4-7-13-9-10/h4,7,9,11-12H,1-3,5-6,8H2. The van der Waals surface area contributed by atoms with Crippen molar-refractivity contribution in [2.45, 2.75) is 31.9 Å². The first-order valence-electron chi connectivity index (χ1n) is 5.28. The number of hydrogen-bond acceptors (Lipinski definition) is 3. The molecule has 3 heteroatoms. The van der Waals surface area contributed by atoms with Crippen LogP contribution in [0, 0.1) is 0 Å². The van der Waals surface area contributed by atoms with E-state index in [2.05, 4.69) is 5.32 Å². The van der Waals surface area contributed by atoms with E-state index < -0.39 is 0 Å². The summed E-state index contributed by atoms with van der Waals surface area (Å²) in [5.41, 5.74) is 1.21. The molecule has 1 aliphatic rings. The molecule has 2 rings (SSSR count). The first-order chi connectivity index (χ1) is 6.95. The second-order valence-corrected chi connectivity index (χ2v) is 3.73. The van der Waals surface area contributed by atoms with Crippen molar-refractivity contribution >= 4 is 0 Å². The average Bonchev–Trinajstić information content (AvgIpc) is 2.86. The zero-order chi connectivity index (χ0) is 9.64. The lowest BCUT2D eigenvalue weighted by atomic mass is 10.2. The molecule has 1 fully saturated rings. The van der Waals surface area contributed by atoms with Gasteiger partial charge in [0.2, 0.25) is 0 Å². The zero-order valence-electron chi connectivity index (χ0n) is 8.37. The molecule has 1 saturated heterocycles. The Bertz CT molecular complexity index is 240. The summed E-state index contributed by atoms with van der Waals surface area (Å²) >= 11 is 0. The number of furan rings is 1. The van der Waals surface area contributed by atoms with Crippen LogP contribution in [0.1, 0.15) is 24.8 Å². The van der Waals surface area contributed by atoms with Crippen molar-refractivity contribution in [3.8, 4) is 0 Å². The highest BCUT2D eigenvalue weighted by molar-refractivity contribution is 5.04. The van der Waals surface area contributed by atoms with E-state index in [1.54, 1.807) is 12.5 Å². The Balaban J connectivity index is 1.55. The van der Waals surface area contributed by atoms with Crippen LogP contribution in [0.2, 0.25) is 0 Å². The van der Waals surface area contributed by atoms with E-state index in [0.717, 1.165) is 26.1 Å². The second kappa shape index (κ2) is 5.17. The molecule has 1 atom stereocenters. The summed E-state index contributed by atoms with van der Waals surface area (Å²) in [6.07, 6.45) is 7.56. The van der Waals surface area contributed by atoms with Crippen LogP contribution < -0.4 is 5.32 Å². The van der Waals surface area contributed by atoms with E-state index in [1.165, 1.54) is 18.4 Å². The first-order valence-corrected chi connectivity index (χ1v) is 5.28. The van der Waals surface area contributed by atoms with Crippen LogP contribution in [-0.2, 0) is 11.3 Å². The summed E-state index contributed by atoms with van der Waals surface area (Å²) < 4.78 is 10.5. The summed E-state index contributed by atoms with van der Waals surface area (Å²) in [5.74, 6) is 0. The van der Waals surface area contributed by atoms with Gasteiger partial charge in [0.1, 0.15) is 0 Å². The second-order valence-electron chi connectivity index (χ2n) is 3.73. The lowest BCUT2D eigenvalue weighted by Gasteiger charge is -2.09. The highest BCUT2D eigenvalue weighted by Crippen LogP contribution is 2.14. The Kier molecular flexibility index (Phi) is 3.60. The molecule has 1 aliphatic heterocycles. The summed E-state index contributed by atoms with van der Waals surface area (Å²) in [6.45, 7) is 2.87. The third-order valence-electron chi connectivity index (χ3n) is 2.58. The van der Waals surface area contributed by atoms with Crippen molar-refractivity contribution in [1.82, 2.24) is 5.32 Å². The zero-order valence-corrected chi connectivity index (χ0v) is 8.37. The van der Waals surface area contributed by atoms with E-state index >= 15 is 0 Å². The molecule has 0 bridgehead atoms. The van der Waals surface area contributed by atoms with Gasteiger partial charge >= 0.3 is 0 Å². The number of ether oxygens (including phenoxy) is 1. The molecule has 14 heavy (non-hydrogen) atoms. The summed E-state index contributed by atoms with van der Waals surface area (Å²) in [6, 6.07) is 1.99. The van der Waals surface area contributed by atoms with Crippen LogP contribution in [0.4, 0.5) is 0 Å². The number of hydrogen-bond donors (Lipinski definition) is 1. The van der Waals surface area contributed by atoms with E-state index in [-0.39, 0.29) is 0 Å². The molecule has 0 aromatic carbocycles.